The van der Waals surface area contributed by atoms with Crippen molar-refractivity contribution in [2.24, 2.45) is 0 Å². The molecule has 2 N–H and O–H groups in total. The van der Waals surface area contributed by atoms with Gasteiger partial charge in [0, 0.05) is 36.6 Å². The molecule has 0 aliphatic heterocycles. The van der Waals surface area contributed by atoms with E-state index in [1.54, 1.807) is 0 Å². The molecule has 0 fully saturated rings. The van der Waals surface area contributed by atoms with Gasteiger partial charge in [0.2, 0.25) is 0 Å². The van der Waals surface area contributed by atoms with E-state index >= 15 is 0 Å². The Labute approximate surface area is 120 Å². The first-order valence-electron chi connectivity index (χ1n) is 7.23. The van der Waals surface area contributed by atoms with Gasteiger partial charge in [-0.2, -0.15) is 0 Å². The Kier molecular flexibility index (Phi) is 5.35. The number of nitrogens with one attached hydrogen (secondary N) is 2. The predicted octanol–water partition coefficient (Wildman–Crippen LogP) is 3.79. The van der Waals surface area contributed by atoms with E-state index in [0.717, 1.165) is 48.7 Å². The normalized spacial score (nSPS) is 10.3. The summed E-state index contributed by atoms with van der Waals surface area (Å²) in [4.78, 5) is 8.82. The van der Waals surface area contributed by atoms with Crippen LogP contribution in [0.1, 0.15) is 26.7 Å². The molecular formula is C16H22N4. The minimum atomic E-state index is 0.921. The van der Waals surface area contributed by atoms with Crippen LogP contribution in [0.2, 0.25) is 0 Å². The van der Waals surface area contributed by atoms with Crippen LogP contribution in [0.3, 0.4) is 0 Å². The van der Waals surface area contributed by atoms with Gasteiger partial charge in [0.15, 0.2) is 0 Å². The molecular weight excluding hydrogens is 248 g/mol. The lowest BCUT2D eigenvalue weighted by molar-refractivity contribution is 0.968. The van der Waals surface area contributed by atoms with Crippen molar-refractivity contribution in [2.75, 3.05) is 23.7 Å². The molecule has 0 saturated carbocycles. The zero-order valence-corrected chi connectivity index (χ0v) is 12.2. The second kappa shape index (κ2) is 7.48. The Bertz CT molecular complexity index is 456. The average Bonchev–Trinajstić information content (AvgIpc) is 2.52. The average molecular weight is 270 g/mol. The lowest BCUT2D eigenvalue weighted by Gasteiger charge is -2.07. The molecule has 0 saturated heterocycles. The molecule has 0 spiro atoms. The first-order chi connectivity index (χ1) is 9.83. The van der Waals surface area contributed by atoms with Gasteiger partial charge in [0.25, 0.3) is 0 Å². The molecule has 4 heteroatoms. The number of hydrogen-bond acceptors (Lipinski definition) is 4. The predicted molar refractivity (Wildman–Crippen MR) is 85.0 cm³/mol. The molecule has 20 heavy (non-hydrogen) atoms. The van der Waals surface area contributed by atoms with Gasteiger partial charge < -0.3 is 10.6 Å². The number of pyridine rings is 2. The maximum Gasteiger partial charge on any atom is 0.125 e. The molecule has 0 atom stereocenters. The molecule has 106 valence electrons. The van der Waals surface area contributed by atoms with E-state index in [2.05, 4.69) is 46.6 Å². The first kappa shape index (κ1) is 14.3. The summed E-state index contributed by atoms with van der Waals surface area (Å²) in [5.74, 6) is 1.84. The van der Waals surface area contributed by atoms with Crippen LogP contribution in [0.4, 0.5) is 11.6 Å². The molecule has 0 aliphatic rings. The van der Waals surface area contributed by atoms with E-state index in [1.165, 1.54) is 0 Å². The fraction of sp³-hybridized carbons (Fsp3) is 0.375. The summed E-state index contributed by atoms with van der Waals surface area (Å²) in [5.41, 5.74) is 2.17. The molecule has 4 nitrogen and oxygen atoms in total. The Hall–Kier alpha value is -2.10. The van der Waals surface area contributed by atoms with Crippen LogP contribution in [-0.2, 0) is 0 Å². The highest BCUT2D eigenvalue weighted by Crippen LogP contribution is 2.20. The van der Waals surface area contributed by atoms with Crippen molar-refractivity contribution >= 4 is 11.6 Å². The molecule has 2 aromatic rings. The second-order valence-corrected chi connectivity index (χ2v) is 4.72. The van der Waals surface area contributed by atoms with Crippen molar-refractivity contribution in [1.29, 1.82) is 0 Å². The van der Waals surface area contributed by atoms with Gasteiger partial charge in [-0.3, -0.25) is 0 Å². The number of nitrogens with zero attached hydrogens (tertiary/aromatic N) is 2. The third kappa shape index (κ3) is 3.95. The van der Waals surface area contributed by atoms with Gasteiger partial charge in [-0.05, 0) is 37.1 Å². The summed E-state index contributed by atoms with van der Waals surface area (Å²) in [7, 11) is 0. The quantitative estimate of drug-likeness (QED) is 0.803. The smallest absolute Gasteiger partial charge is 0.125 e. The molecule has 2 rings (SSSR count). The number of anilines is 2. The van der Waals surface area contributed by atoms with Gasteiger partial charge in [-0.1, -0.05) is 13.8 Å². The first-order valence-corrected chi connectivity index (χ1v) is 7.23. The van der Waals surface area contributed by atoms with E-state index in [4.69, 9.17) is 0 Å². The van der Waals surface area contributed by atoms with Crippen molar-refractivity contribution in [3.8, 4) is 11.1 Å². The van der Waals surface area contributed by atoms with Gasteiger partial charge in [0.05, 0.1) is 0 Å². The third-order valence-corrected chi connectivity index (χ3v) is 2.97. The summed E-state index contributed by atoms with van der Waals surface area (Å²) in [6.07, 6.45) is 5.96. The monoisotopic (exact) mass is 270 g/mol. The van der Waals surface area contributed by atoms with Crippen molar-refractivity contribution in [1.82, 2.24) is 9.97 Å². The van der Waals surface area contributed by atoms with Crippen LogP contribution in [0.5, 0.6) is 0 Å². The lowest BCUT2D eigenvalue weighted by Crippen LogP contribution is -2.02. The third-order valence-electron chi connectivity index (χ3n) is 2.97. The van der Waals surface area contributed by atoms with Crippen molar-refractivity contribution < 1.29 is 0 Å². The second-order valence-electron chi connectivity index (χ2n) is 4.72. The highest BCUT2D eigenvalue weighted by molar-refractivity contribution is 5.64. The summed E-state index contributed by atoms with van der Waals surface area (Å²) >= 11 is 0. The Morgan fingerprint density at radius 1 is 0.750 bits per heavy atom. The van der Waals surface area contributed by atoms with Crippen LogP contribution in [-0.4, -0.2) is 23.1 Å². The topological polar surface area (TPSA) is 49.8 Å². The van der Waals surface area contributed by atoms with Crippen LogP contribution in [0.25, 0.3) is 11.1 Å². The standard InChI is InChI=1S/C16H22N4/c1-3-9-17-15-7-5-13(11-19-15)14-6-8-16(20-12-14)18-10-4-2/h5-8,11-12H,3-4,9-10H2,1-2H3,(H,17,19)(H,18,20). The Morgan fingerprint density at radius 3 is 1.50 bits per heavy atom. The zero-order valence-electron chi connectivity index (χ0n) is 12.2. The summed E-state index contributed by atoms with van der Waals surface area (Å²) in [6, 6.07) is 8.16. The maximum atomic E-state index is 4.41. The van der Waals surface area contributed by atoms with Crippen LogP contribution >= 0.6 is 0 Å². The SMILES string of the molecule is CCCNc1ccc(-c2ccc(NCCC)nc2)cn1. The number of rotatable bonds is 7. The minimum Gasteiger partial charge on any atom is -0.370 e. The zero-order chi connectivity index (χ0) is 14.2. The highest BCUT2D eigenvalue weighted by atomic mass is 15.0. The number of aromatic nitrogens is 2. The fourth-order valence-electron chi connectivity index (χ4n) is 1.84. The molecule has 2 heterocycles. The molecule has 0 unspecified atom stereocenters. The fourth-order valence-corrected chi connectivity index (χ4v) is 1.84. The van der Waals surface area contributed by atoms with Crippen LogP contribution in [0, 0.1) is 0 Å². The van der Waals surface area contributed by atoms with Gasteiger partial charge >= 0.3 is 0 Å². The summed E-state index contributed by atoms with van der Waals surface area (Å²) in [5, 5.41) is 6.54. The Morgan fingerprint density at radius 2 is 1.20 bits per heavy atom. The Balaban J connectivity index is 2.03. The van der Waals surface area contributed by atoms with Crippen molar-refractivity contribution in [2.45, 2.75) is 26.7 Å². The molecule has 0 aliphatic carbocycles. The largest absolute Gasteiger partial charge is 0.370 e. The lowest BCUT2D eigenvalue weighted by atomic mass is 10.1. The highest BCUT2D eigenvalue weighted by Gasteiger charge is 2.00. The van der Waals surface area contributed by atoms with Gasteiger partial charge in [-0.15, -0.1) is 0 Å². The minimum absolute atomic E-state index is 0.921. The molecule has 2 aromatic heterocycles. The molecule has 0 aromatic carbocycles. The maximum absolute atomic E-state index is 4.41. The molecule has 0 radical (unpaired) electrons. The number of hydrogen-bond donors (Lipinski definition) is 2. The van der Waals surface area contributed by atoms with E-state index in [9.17, 15) is 0 Å². The molecule has 0 bridgehead atoms. The summed E-state index contributed by atoms with van der Waals surface area (Å²) < 4.78 is 0. The van der Waals surface area contributed by atoms with Gasteiger partial charge in [-0.25, -0.2) is 9.97 Å². The van der Waals surface area contributed by atoms with Crippen LogP contribution in [0.15, 0.2) is 36.7 Å². The summed E-state index contributed by atoms with van der Waals surface area (Å²) in [6.45, 7) is 6.18. The van der Waals surface area contributed by atoms with E-state index in [1.807, 2.05) is 24.5 Å². The van der Waals surface area contributed by atoms with E-state index in [-0.39, 0.29) is 0 Å². The van der Waals surface area contributed by atoms with Crippen molar-refractivity contribution in [3.05, 3.63) is 36.7 Å². The van der Waals surface area contributed by atoms with Gasteiger partial charge in [0.1, 0.15) is 11.6 Å². The van der Waals surface area contributed by atoms with Crippen LogP contribution < -0.4 is 10.6 Å². The van der Waals surface area contributed by atoms with Crippen molar-refractivity contribution in [3.63, 3.8) is 0 Å². The van der Waals surface area contributed by atoms with E-state index < -0.39 is 0 Å². The molecule has 0 amide bonds. The van der Waals surface area contributed by atoms with E-state index in [0.29, 0.717) is 0 Å².